The zero-order valence-electron chi connectivity index (χ0n) is 11.7. The van der Waals surface area contributed by atoms with Gasteiger partial charge in [0, 0.05) is 11.8 Å². The van der Waals surface area contributed by atoms with Gasteiger partial charge in [0.25, 0.3) is 5.91 Å². The first kappa shape index (κ1) is 14.7. The third kappa shape index (κ3) is 3.51. The number of anilines is 1. The topological polar surface area (TPSA) is 56.8 Å². The fourth-order valence-electron chi connectivity index (χ4n) is 2.02. The van der Waals surface area contributed by atoms with Crippen LogP contribution in [0, 0.1) is 0 Å². The van der Waals surface area contributed by atoms with Crippen LogP contribution in [0.1, 0.15) is 0 Å². The molecule has 0 bridgehead atoms. The van der Waals surface area contributed by atoms with Gasteiger partial charge in [-0.25, -0.2) is 0 Å². The van der Waals surface area contributed by atoms with Crippen LogP contribution in [-0.2, 0) is 4.79 Å². The highest BCUT2D eigenvalue weighted by Crippen LogP contribution is 2.32. The van der Waals surface area contributed by atoms with E-state index in [1.165, 1.54) is 0 Å². The molecule has 2 aromatic carbocycles. The van der Waals surface area contributed by atoms with Crippen LogP contribution in [0.25, 0.3) is 0 Å². The van der Waals surface area contributed by atoms with Crippen LogP contribution in [-0.4, -0.2) is 25.7 Å². The molecule has 0 radical (unpaired) electrons. The summed E-state index contributed by atoms with van der Waals surface area (Å²) < 4.78 is 17.2. The first-order valence-electron chi connectivity index (χ1n) is 6.79. The summed E-state index contributed by atoms with van der Waals surface area (Å²) in [5, 5.41) is 2.77. The van der Waals surface area contributed by atoms with E-state index in [1.807, 2.05) is 18.2 Å². The molecule has 114 valence electrons. The molecule has 1 aliphatic rings. The van der Waals surface area contributed by atoms with Gasteiger partial charge in [-0.1, -0.05) is 12.1 Å². The Balaban J connectivity index is 1.59. The van der Waals surface area contributed by atoms with Crippen molar-refractivity contribution >= 4 is 27.5 Å². The number of hydrogen-bond donors (Lipinski definition) is 1. The first-order valence-corrected chi connectivity index (χ1v) is 7.58. The average molecular weight is 364 g/mol. The highest BCUT2D eigenvalue weighted by molar-refractivity contribution is 9.10. The van der Waals surface area contributed by atoms with E-state index in [-0.39, 0.29) is 12.5 Å². The number of carbonyl (C=O) groups excluding carboxylic acids is 1. The molecule has 0 aromatic heterocycles. The molecule has 1 N–H and O–H groups in total. The summed E-state index contributed by atoms with van der Waals surface area (Å²) in [7, 11) is 0. The number of amides is 1. The molecule has 0 saturated carbocycles. The normalized spacial score (nSPS) is 12.6. The third-order valence-corrected chi connectivity index (χ3v) is 3.68. The predicted molar refractivity (Wildman–Crippen MR) is 85.7 cm³/mol. The second-order valence-electron chi connectivity index (χ2n) is 4.63. The monoisotopic (exact) mass is 363 g/mol. The summed E-state index contributed by atoms with van der Waals surface area (Å²) in [6.07, 6.45) is 0. The number of halogens is 1. The molecule has 1 amide bonds. The first-order chi connectivity index (χ1) is 10.7. The molecule has 0 saturated heterocycles. The number of rotatable bonds is 4. The fraction of sp³-hybridized carbons (Fsp3) is 0.188. The number of nitrogens with one attached hydrogen (secondary N) is 1. The average Bonchev–Trinajstić information content (AvgIpc) is 2.54. The van der Waals surface area contributed by atoms with Crippen LogP contribution in [0.3, 0.4) is 0 Å². The Morgan fingerprint density at radius 1 is 1.14 bits per heavy atom. The number of fused-ring (bicyclic) bond motifs is 1. The molecule has 6 heteroatoms. The number of carbonyl (C=O) groups is 1. The molecule has 0 atom stereocenters. The Kier molecular flexibility index (Phi) is 4.48. The second kappa shape index (κ2) is 6.70. The molecular formula is C16H14BrNO4. The second-order valence-corrected chi connectivity index (χ2v) is 5.48. The van der Waals surface area contributed by atoms with Crippen molar-refractivity contribution in [3.63, 3.8) is 0 Å². The van der Waals surface area contributed by atoms with Crippen molar-refractivity contribution in [1.82, 2.24) is 0 Å². The minimum absolute atomic E-state index is 0.0724. The third-order valence-electron chi connectivity index (χ3n) is 3.02. The standard InChI is InChI=1S/C16H14BrNO4/c17-12-3-1-2-4-13(12)22-10-16(19)18-11-5-6-14-15(9-11)21-8-7-20-14/h1-6,9H,7-8,10H2,(H,18,19). The van der Waals surface area contributed by atoms with Gasteiger partial charge in [-0.3, -0.25) is 4.79 Å². The van der Waals surface area contributed by atoms with Crippen LogP contribution < -0.4 is 19.5 Å². The van der Waals surface area contributed by atoms with Gasteiger partial charge in [0.2, 0.25) is 0 Å². The Morgan fingerprint density at radius 2 is 1.91 bits per heavy atom. The number of benzene rings is 2. The van der Waals surface area contributed by atoms with Gasteiger partial charge < -0.3 is 19.5 Å². The van der Waals surface area contributed by atoms with Crippen molar-refractivity contribution in [3.8, 4) is 17.2 Å². The van der Waals surface area contributed by atoms with Gasteiger partial charge in [0.05, 0.1) is 4.47 Å². The molecule has 5 nitrogen and oxygen atoms in total. The molecule has 3 rings (SSSR count). The van der Waals surface area contributed by atoms with E-state index >= 15 is 0 Å². The smallest absolute Gasteiger partial charge is 0.262 e. The SMILES string of the molecule is O=C(COc1ccccc1Br)Nc1ccc2c(c1)OCCO2. The van der Waals surface area contributed by atoms with E-state index in [0.29, 0.717) is 36.1 Å². The minimum Gasteiger partial charge on any atom is -0.486 e. The molecule has 0 aliphatic carbocycles. The maximum absolute atomic E-state index is 11.9. The van der Waals surface area contributed by atoms with Gasteiger partial charge in [-0.05, 0) is 40.2 Å². The van der Waals surface area contributed by atoms with Gasteiger partial charge in [-0.2, -0.15) is 0 Å². The molecule has 1 heterocycles. The molecular weight excluding hydrogens is 350 g/mol. The minimum atomic E-state index is -0.243. The number of para-hydroxylation sites is 1. The summed E-state index contributed by atoms with van der Waals surface area (Å²) in [5.41, 5.74) is 0.643. The number of hydrogen-bond acceptors (Lipinski definition) is 4. The lowest BCUT2D eigenvalue weighted by atomic mass is 10.2. The lowest BCUT2D eigenvalue weighted by Gasteiger charge is -2.19. The van der Waals surface area contributed by atoms with Crippen molar-refractivity contribution in [2.24, 2.45) is 0 Å². The lowest BCUT2D eigenvalue weighted by Crippen LogP contribution is -2.21. The quantitative estimate of drug-likeness (QED) is 0.905. The van der Waals surface area contributed by atoms with Crippen molar-refractivity contribution in [1.29, 1.82) is 0 Å². The molecule has 22 heavy (non-hydrogen) atoms. The predicted octanol–water partition coefficient (Wildman–Crippen LogP) is 3.24. The summed E-state index contributed by atoms with van der Waals surface area (Å²) in [5.74, 6) is 1.71. The Morgan fingerprint density at radius 3 is 2.73 bits per heavy atom. The zero-order valence-corrected chi connectivity index (χ0v) is 13.3. The van der Waals surface area contributed by atoms with E-state index in [9.17, 15) is 4.79 Å². The van der Waals surface area contributed by atoms with Crippen LogP contribution in [0.5, 0.6) is 17.2 Å². The lowest BCUT2D eigenvalue weighted by molar-refractivity contribution is -0.118. The summed E-state index contributed by atoms with van der Waals surface area (Å²) >= 11 is 3.37. The highest BCUT2D eigenvalue weighted by atomic mass is 79.9. The van der Waals surface area contributed by atoms with Crippen LogP contribution >= 0.6 is 15.9 Å². The zero-order chi connectivity index (χ0) is 15.4. The summed E-state index contributed by atoms with van der Waals surface area (Å²) in [4.78, 5) is 11.9. The Labute approximate surface area is 136 Å². The molecule has 1 aliphatic heterocycles. The fourth-order valence-corrected chi connectivity index (χ4v) is 2.42. The maximum atomic E-state index is 11.9. The van der Waals surface area contributed by atoms with Gasteiger partial charge in [0.1, 0.15) is 19.0 Å². The summed E-state index contributed by atoms with van der Waals surface area (Å²) in [6.45, 7) is 0.977. The Hall–Kier alpha value is -2.21. The van der Waals surface area contributed by atoms with Crippen LogP contribution in [0.15, 0.2) is 46.9 Å². The van der Waals surface area contributed by atoms with E-state index in [2.05, 4.69) is 21.2 Å². The van der Waals surface area contributed by atoms with Crippen molar-refractivity contribution in [3.05, 3.63) is 46.9 Å². The van der Waals surface area contributed by atoms with Crippen molar-refractivity contribution in [2.45, 2.75) is 0 Å². The van der Waals surface area contributed by atoms with E-state index in [0.717, 1.165) is 4.47 Å². The largest absolute Gasteiger partial charge is 0.486 e. The van der Waals surface area contributed by atoms with Crippen LogP contribution in [0.2, 0.25) is 0 Å². The molecule has 0 spiro atoms. The van der Waals surface area contributed by atoms with Gasteiger partial charge in [-0.15, -0.1) is 0 Å². The van der Waals surface area contributed by atoms with Crippen LogP contribution in [0.4, 0.5) is 5.69 Å². The van der Waals surface area contributed by atoms with E-state index in [4.69, 9.17) is 14.2 Å². The highest BCUT2D eigenvalue weighted by Gasteiger charge is 2.13. The van der Waals surface area contributed by atoms with E-state index in [1.54, 1.807) is 24.3 Å². The van der Waals surface area contributed by atoms with Gasteiger partial charge in [0.15, 0.2) is 18.1 Å². The Bertz CT molecular complexity index is 690. The number of ether oxygens (including phenoxy) is 3. The molecule has 2 aromatic rings. The molecule has 0 fully saturated rings. The van der Waals surface area contributed by atoms with Gasteiger partial charge >= 0.3 is 0 Å². The maximum Gasteiger partial charge on any atom is 0.262 e. The van der Waals surface area contributed by atoms with Crippen molar-refractivity contribution in [2.75, 3.05) is 25.1 Å². The summed E-state index contributed by atoms with van der Waals surface area (Å²) in [6, 6.07) is 12.7. The van der Waals surface area contributed by atoms with E-state index < -0.39 is 0 Å². The van der Waals surface area contributed by atoms with Crippen molar-refractivity contribution < 1.29 is 19.0 Å². The molecule has 0 unspecified atom stereocenters.